The lowest BCUT2D eigenvalue weighted by Crippen LogP contribution is -2.49. The molecule has 17 heavy (non-hydrogen) atoms. The number of piperidine rings is 1. The van der Waals surface area contributed by atoms with Crippen molar-refractivity contribution in [1.29, 1.82) is 0 Å². The number of Topliss-reactive ketones (excluding diaryl/α,β-unsaturated/α-hetero) is 1. The molecule has 0 radical (unpaired) electrons. The second kappa shape index (κ2) is 4.41. The van der Waals surface area contributed by atoms with Crippen molar-refractivity contribution in [3.05, 3.63) is 0 Å². The van der Waals surface area contributed by atoms with Crippen LogP contribution in [0.2, 0.25) is 0 Å². The van der Waals surface area contributed by atoms with Crippen molar-refractivity contribution in [3.63, 3.8) is 0 Å². The largest absolute Gasteiger partial charge is 0.330 e. The van der Waals surface area contributed by atoms with Crippen LogP contribution in [-0.4, -0.2) is 53.7 Å². The summed E-state index contributed by atoms with van der Waals surface area (Å²) in [5.74, 6) is 0.443. The van der Waals surface area contributed by atoms with Gasteiger partial charge in [-0.2, -0.15) is 0 Å². The number of ketones is 1. The molecule has 2 rings (SSSR count). The fraction of sp³-hybridized carbons (Fsp3) is 0.846. The molecule has 0 aliphatic carbocycles. The second-order valence-electron chi connectivity index (χ2n) is 6.05. The predicted octanol–water partition coefficient (Wildman–Crippen LogP) is 0.908. The summed E-state index contributed by atoms with van der Waals surface area (Å²) in [6.45, 7) is 6.20. The number of hydrogen-bond acceptors (Lipinski definition) is 3. The number of carbonyl (C=O) groups is 2. The summed E-state index contributed by atoms with van der Waals surface area (Å²) in [5.41, 5.74) is -0.288. The molecule has 0 aromatic carbocycles. The van der Waals surface area contributed by atoms with Gasteiger partial charge in [0.15, 0.2) is 5.78 Å². The molecule has 2 saturated heterocycles. The molecule has 1 unspecified atom stereocenters. The SMILES string of the molecule is CN1CCCC(C(=O)N2CC(=O)CC2(C)C)C1. The molecule has 96 valence electrons. The van der Waals surface area contributed by atoms with Crippen molar-refractivity contribution < 1.29 is 9.59 Å². The topological polar surface area (TPSA) is 40.6 Å². The van der Waals surface area contributed by atoms with Gasteiger partial charge in [0, 0.05) is 18.5 Å². The average Bonchev–Trinajstić information content (AvgIpc) is 2.51. The van der Waals surface area contributed by atoms with Crippen LogP contribution in [0.25, 0.3) is 0 Å². The Labute approximate surface area is 103 Å². The molecule has 4 heteroatoms. The third-order valence-corrected chi connectivity index (χ3v) is 3.93. The van der Waals surface area contributed by atoms with Gasteiger partial charge in [-0.25, -0.2) is 0 Å². The van der Waals surface area contributed by atoms with Gasteiger partial charge in [-0.1, -0.05) is 0 Å². The van der Waals surface area contributed by atoms with E-state index in [2.05, 4.69) is 11.9 Å². The summed E-state index contributed by atoms with van der Waals surface area (Å²) in [5, 5.41) is 0. The highest BCUT2D eigenvalue weighted by Crippen LogP contribution is 2.29. The minimum atomic E-state index is -0.288. The van der Waals surface area contributed by atoms with Gasteiger partial charge in [0.1, 0.15) is 0 Å². The molecular weight excluding hydrogens is 216 g/mol. The minimum Gasteiger partial charge on any atom is -0.330 e. The molecule has 0 saturated carbocycles. The Bertz CT molecular complexity index is 338. The van der Waals surface area contributed by atoms with E-state index in [1.54, 1.807) is 4.90 Å². The molecule has 2 heterocycles. The van der Waals surface area contributed by atoms with Gasteiger partial charge >= 0.3 is 0 Å². The minimum absolute atomic E-state index is 0.0823. The molecule has 0 bridgehead atoms. The summed E-state index contributed by atoms with van der Waals surface area (Å²) < 4.78 is 0. The zero-order valence-corrected chi connectivity index (χ0v) is 11.0. The van der Waals surface area contributed by atoms with Crippen molar-refractivity contribution in [2.24, 2.45) is 5.92 Å². The normalized spacial score (nSPS) is 29.7. The third-order valence-electron chi connectivity index (χ3n) is 3.93. The van der Waals surface area contributed by atoms with Crippen molar-refractivity contribution >= 4 is 11.7 Å². The Morgan fingerprint density at radius 3 is 2.65 bits per heavy atom. The predicted molar refractivity (Wildman–Crippen MR) is 65.6 cm³/mol. The van der Waals surface area contributed by atoms with Crippen LogP contribution in [0.1, 0.15) is 33.1 Å². The molecular formula is C13H22N2O2. The Morgan fingerprint density at radius 1 is 1.41 bits per heavy atom. The van der Waals surface area contributed by atoms with Crippen molar-refractivity contribution in [2.45, 2.75) is 38.6 Å². The van der Waals surface area contributed by atoms with Crippen LogP contribution in [0.4, 0.5) is 0 Å². The van der Waals surface area contributed by atoms with Gasteiger partial charge in [0.25, 0.3) is 0 Å². The smallest absolute Gasteiger partial charge is 0.227 e. The molecule has 4 nitrogen and oxygen atoms in total. The number of carbonyl (C=O) groups excluding carboxylic acids is 2. The zero-order chi connectivity index (χ0) is 12.6. The molecule has 1 atom stereocenters. The maximum absolute atomic E-state index is 12.5. The summed E-state index contributed by atoms with van der Waals surface area (Å²) >= 11 is 0. The molecule has 2 fully saturated rings. The zero-order valence-electron chi connectivity index (χ0n) is 11.0. The van der Waals surface area contributed by atoms with Crippen LogP contribution < -0.4 is 0 Å². The maximum Gasteiger partial charge on any atom is 0.227 e. The van der Waals surface area contributed by atoms with Gasteiger partial charge in [0.2, 0.25) is 5.91 Å². The van der Waals surface area contributed by atoms with Gasteiger partial charge in [-0.15, -0.1) is 0 Å². The molecule has 2 aliphatic rings. The van der Waals surface area contributed by atoms with Gasteiger partial charge in [-0.3, -0.25) is 9.59 Å². The lowest BCUT2D eigenvalue weighted by Gasteiger charge is -2.36. The van der Waals surface area contributed by atoms with Gasteiger partial charge in [0.05, 0.1) is 12.5 Å². The van der Waals surface area contributed by atoms with E-state index >= 15 is 0 Å². The Morgan fingerprint density at radius 2 is 2.12 bits per heavy atom. The van der Waals surface area contributed by atoms with Crippen molar-refractivity contribution in [1.82, 2.24) is 9.80 Å². The first-order valence-electron chi connectivity index (χ1n) is 6.42. The fourth-order valence-electron chi connectivity index (χ4n) is 2.99. The Hall–Kier alpha value is -0.900. The maximum atomic E-state index is 12.5. The van der Waals surface area contributed by atoms with Crippen LogP contribution in [0.5, 0.6) is 0 Å². The lowest BCUT2D eigenvalue weighted by molar-refractivity contribution is -0.141. The molecule has 0 aromatic heterocycles. The van der Waals surface area contributed by atoms with Gasteiger partial charge < -0.3 is 9.80 Å². The molecule has 0 spiro atoms. The van der Waals surface area contributed by atoms with Crippen LogP contribution >= 0.6 is 0 Å². The van der Waals surface area contributed by atoms with Crippen molar-refractivity contribution in [3.8, 4) is 0 Å². The van der Waals surface area contributed by atoms with Crippen LogP contribution in [-0.2, 0) is 9.59 Å². The number of rotatable bonds is 1. The second-order valence-corrected chi connectivity index (χ2v) is 6.05. The van der Waals surface area contributed by atoms with Crippen LogP contribution in [0.15, 0.2) is 0 Å². The Kier molecular flexibility index (Phi) is 3.25. The van der Waals surface area contributed by atoms with E-state index in [1.807, 2.05) is 13.8 Å². The first-order chi connectivity index (χ1) is 7.90. The summed E-state index contributed by atoms with van der Waals surface area (Å²) in [6.07, 6.45) is 2.54. The number of nitrogens with zero attached hydrogens (tertiary/aromatic N) is 2. The lowest BCUT2D eigenvalue weighted by atomic mass is 9.94. The van der Waals surface area contributed by atoms with E-state index in [0.717, 1.165) is 25.9 Å². The van der Waals surface area contributed by atoms with E-state index in [9.17, 15) is 9.59 Å². The highest BCUT2D eigenvalue weighted by atomic mass is 16.2. The molecule has 0 N–H and O–H groups in total. The van der Waals surface area contributed by atoms with E-state index in [1.165, 1.54) is 0 Å². The number of hydrogen-bond donors (Lipinski definition) is 0. The third kappa shape index (κ3) is 2.51. The average molecular weight is 238 g/mol. The van der Waals surface area contributed by atoms with E-state index in [4.69, 9.17) is 0 Å². The highest BCUT2D eigenvalue weighted by Gasteiger charge is 2.42. The van der Waals surface area contributed by atoms with Crippen molar-refractivity contribution in [2.75, 3.05) is 26.7 Å². The monoisotopic (exact) mass is 238 g/mol. The molecule has 1 amide bonds. The first kappa shape index (κ1) is 12.6. The van der Waals surface area contributed by atoms with Crippen LogP contribution in [0, 0.1) is 5.92 Å². The first-order valence-corrected chi connectivity index (χ1v) is 6.42. The highest BCUT2D eigenvalue weighted by molar-refractivity contribution is 5.92. The van der Waals surface area contributed by atoms with Gasteiger partial charge in [-0.05, 0) is 40.3 Å². The Balaban J connectivity index is 2.07. The number of amides is 1. The quantitative estimate of drug-likeness (QED) is 0.681. The van der Waals surface area contributed by atoms with E-state index in [-0.39, 0.29) is 23.1 Å². The standard InChI is InChI=1S/C13H22N2O2/c1-13(2)7-11(16)9-15(13)12(17)10-5-4-6-14(3)8-10/h10H,4-9H2,1-3H3. The summed E-state index contributed by atoms with van der Waals surface area (Å²) in [4.78, 5) is 28.0. The van der Waals surface area contributed by atoms with E-state index in [0.29, 0.717) is 13.0 Å². The van der Waals surface area contributed by atoms with E-state index < -0.39 is 0 Å². The molecule has 0 aromatic rings. The number of likely N-dealkylation sites (tertiary alicyclic amines) is 2. The summed E-state index contributed by atoms with van der Waals surface area (Å²) in [7, 11) is 2.06. The summed E-state index contributed by atoms with van der Waals surface area (Å²) in [6, 6.07) is 0. The van der Waals surface area contributed by atoms with Crippen LogP contribution in [0.3, 0.4) is 0 Å². The molecule has 2 aliphatic heterocycles. The fourth-order valence-corrected chi connectivity index (χ4v) is 2.99.